The highest BCUT2D eigenvalue weighted by atomic mass is 79.9. The molecule has 2 N–H and O–H groups in total. The first kappa shape index (κ1) is 13.7. The normalized spacial score (nSPS) is 11.9. The Labute approximate surface area is 108 Å². The zero-order valence-corrected chi connectivity index (χ0v) is 11.2. The monoisotopic (exact) mass is 299 g/mol. The van der Waals surface area contributed by atoms with Crippen LogP contribution in [0.5, 0.6) is 0 Å². The minimum atomic E-state index is -1.02. The van der Waals surface area contributed by atoms with Crippen LogP contribution in [-0.2, 0) is 4.79 Å². The number of rotatable bonds is 4. The van der Waals surface area contributed by atoms with Gasteiger partial charge in [-0.3, -0.25) is 4.79 Å². The Kier molecular flexibility index (Phi) is 4.69. The third-order valence-electron chi connectivity index (χ3n) is 2.45. The first-order chi connectivity index (χ1) is 7.97. The maximum absolute atomic E-state index is 11.9. The van der Waals surface area contributed by atoms with Crippen LogP contribution in [-0.4, -0.2) is 23.0 Å². The van der Waals surface area contributed by atoms with Gasteiger partial charge in [0.15, 0.2) is 0 Å². The van der Waals surface area contributed by atoms with Gasteiger partial charge >= 0.3 is 5.97 Å². The maximum Gasteiger partial charge on any atom is 0.326 e. The van der Waals surface area contributed by atoms with Crippen LogP contribution in [0.25, 0.3) is 0 Å². The van der Waals surface area contributed by atoms with Crippen LogP contribution in [0.3, 0.4) is 0 Å². The van der Waals surface area contributed by atoms with E-state index >= 15 is 0 Å². The van der Waals surface area contributed by atoms with Crippen molar-refractivity contribution in [3.8, 4) is 0 Å². The van der Waals surface area contributed by atoms with E-state index in [4.69, 9.17) is 5.11 Å². The minimum Gasteiger partial charge on any atom is -0.480 e. The van der Waals surface area contributed by atoms with Crippen LogP contribution in [0.2, 0.25) is 0 Å². The van der Waals surface area contributed by atoms with Crippen molar-refractivity contribution in [3.63, 3.8) is 0 Å². The average Bonchev–Trinajstić information content (AvgIpc) is 2.28. The molecule has 0 aromatic heterocycles. The summed E-state index contributed by atoms with van der Waals surface area (Å²) in [7, 11) is 0. The summed E-state index contributed by atoms with van der Waals surface area (Å²) in [5.74, 6) is -1.40. The second-order valence-corrected chi connectivity index (χ2v) is 4.50. The van der Waals surface area contributed by atoms with Crippen LogP contribution in [0, 0.1) is 6.92 Å². The van der Waals surface area contributed by atoms with Crippen molar-refractivity contribution in [2.24, 2.45) is 0 Å². The number of nitrogens with one attached hydrogen (secondary N) is 1. The summed E-state index contributed by atoms with van der Waals surface area (Å²) in [5.41, 5.74) is 1.38. The van der Waals surface area contributed by atoms with Gasteiger partial charge in [-0.05, 0) is 40.9 Å². The van der Waals surface area contributed by atoms with E-state index in [9.17, 15) is 9.59 Å². The summed E-state index contributed by atoms with van der Waals surface area (Å²) in [6.07, 6.45) is 0.352. The van der Waals surface area contributed by atoms with E-state index < -0.39 is 12.0 Å². The van der Waals surface area contributed by atoms with Gasteiger partial charge in [-0.2, -0.15) is 0 Å². The van der Waals surface area contributed by atoms with Crippen LogP contribution >= 0.6 is 15.9 Å². The number of carboxylic acid groups (broad SMARTS) is 1. The number of aliphatic carboxylic acids is 1. The molecule has 5 heteroatoms. The Morgan fingerprint density at radius 3 is 2.65 bits per heavy atom. The highest BCUT2D eigenvalue weighted by Gasteiger charge is 2.19. The molecule has 1 rings (SSSR count). The Morgan fingerprint density at radius 1 is 1.47 bits per heavy atom. The van der Waals surface area contributed by atoms with Crippen molar-refractivity contribution >= 4 is 27.8 Å². The number of carboxylic acids is 1. The summed E-state index contributed by atoms with van der Waals surface area (Å²) in [6, 6.07) is 4.43. The molecule has 1 amide bonds. The topological polar surface area (TPSA) is 66.4 Å². The van der Waals surface area contributed by atoms with E-state index in [2.05, 4.69) is 21.2 Å². The first-order valence-electron chi connectivity index (χ1n) is 5.26. The van der Waals surface area contributed by atoms with Gasteiger partial charge in [-0.25, -0.2) is 4.79 Å². The molecule has 1 aromatic rings. The van der Waals surface area contributed by atoms with E-state index in [1.54, 1.807) is 19.1 Å². The lowest BCUT2D eigenvalue weighted by molar-refractivity contribution is -0.139. The van der Waals surface area contributed by atoms with Gasteiger partial charge < -0.3 is 10.4 Å². The molecule has 1 aromatic carbocycles. The molecule has 1 atom stereocenters. The fraction of sp³-hybridized carbons (Fsp3) is 0.333. The highest BCUT2D eigenvalue weighted by Crippen LogP contribution is 2.21. The lowest BCUT2D eigenvalue weighted by Gasteiger charge is -2.13. The number of carbonyl (C=O) groups excluding carboxylic acids is 1. The summed E-state index contributed by atoms with van der Waals surface area (Å²) in [6.45, 7) is 3.58. The Hall–Kier alpha value is -1.36. The Balaban J connectivity index is 2.90. The second-order valence-electron chi connectivity index (χ2n) is 3.71. The summed E-state index contributed by atoms with van der Waals surface area (Å²) in [5, 5.41) is 11.3. The molecule has 0 aliphatic carbocycles. The highest BCUT2D eigenvalue weighted by molar-refractivity contribution is 9.10. The molecule has 0 bridgehead atoms. The molecule has 92 valence electrons. The van der Waals surface area contributed by atoms with Crippen LogP contribution in [0.1, 0.15) is 29.3 Å². The largest absolute Gasteiger partial charge is 0.480 e. The molecule has 0 saturated carbocycles. The fourth-order valence-corrected chi connectivity index (χ4v) is 1.84. The Morgan fingerprint density at radius 2 is 2.12 bits per heavy atom. The number of hydrogen-bond acceptors (Lipinski definition) is 2. The van der Waals surface area contributed by atoms with Crippen molar-refractivity contribution in [1.29, 1.82) is 0 Å². The molecule has 17 heavy (non-hydrogen) atoms. The quantitative estimate of drug-likeness (QED) is 0.897. The van der Waals surface area contributed by atoms with Crippen molar-refractivity contribution in [2.75, 3.05) is 0 Å². The molecule has 0 fully saturated rings. The molecule has 1 unspecified atom stereocenters. The first-order valence-corrected chi connectivity index (χ1v) is 6.05. The number of benzene rings is 1. The van der Waals surface area contributed by atoms with Gasteiger partial charge in [0.2, 0.25) is 0 Å². The van der Waals surface area contributed by atoms with E-state index in [0.29, 0.717) is 16.5 Å². The van der Waals surface area contributed by atoms with Crippen LogP contribution < -0.4 is 5.32 Å². The molecular weight excluding hydrogens is 286 g/mol. The SMILES string of the molecule is CCC(NC(=O)c1cccc(C)c1Br)C(=O)O. The number of hydrogen-bond donors (Lipinski definition) is 2. The lowest BCUT2D eigenvalue weighted by Crippen LogP contribution is -2.40. The molecule has 0 heterocycles. The second kappa shape index (κ2) is 5.82. The predicted molar refractivity (Wildman–Crippen MR) is 68.1 cm³/mol. The molecular formula is C12H14BrNO3. The zero-order valence-electron chi connectivity index (χ0n) is 9.66. The summed E-state index contributed by atoms with van der Waals surface area (Å²) in [4.78, 5) is 22.7. The summed E-state index contributed by atoms with van der Waals surface area (Å²) >= 11 is 3.32. The predicted octanol–water partition coefficient (Wildman–Crippen LogP) is 2.35. The van der Waals surface area contributed by atoms with Gasteiger partial charge in [-0.1, -0.05) is 19.1 Å². The van der Waals surface area contributed by atoms with Crippen molar-refractivity contribution in [2.45, 2.75) is 26.3 Å². The van der Waals surface area contributed by atoms with E-state index in [-0.39, 0.29) is 5.91 Å². The van der Waals surface area contributed by atoms with Gasteiger partial charge in [0, 0.05) is 4.47 Å². The molecule has 0 aliphatic rings. The standard InChI is InChI=1S/C12H14BrNO3/c1-3-9(12(16)17)14-11(15)8-6-4-5-7(2)10(8)13/h4-6,9H,3H2,1-2H3,(H,14,15)(H,16,17). The molecule has 0 spiro atoms. The van der Waals surface area contributed by atoms with Crippen LogP contribution in [0.4, 0.5) is 0 Å². The minimum absolute atomic E-state index is 0.352. The number of amides is 1. The smallest absolute Gasteiger partial charge is 0.326 e. The Bertz CT molecular complexity index is 445. The average molecular weight is 300 g/mol. The van der Waals surface area contributed by atoms with E-state index in [0.717, 1.165) is 5.56 Å². The fourth-order valence-electron chi connectivity index (χ4n) is 1.40. The molecule has 0 saturated heterocycles. The molecule has 0 aliphatic heterocycles. The summed E-state index contributed by atoms with van der Waals surface area (Å²) < 4.78 is 0.692. The van der Waals surface area contributed by atoms with Crippen molar-refractivity contribution in [1.82, 2.24) is 5.32 Å². The number of carbonyl (C=O) groups is 2. The van der Waals surface area contributed by atoms with Gasteiger partial charge in [0.25, 0.3) is 5.91 Å². The van der Waals surface area contributed by atoms with E-state index in [1.165, 1.54) is 0 Å². The van der Waals surface area contributed by atoms with Gasteiger partial charge in [-0.15, -0.1) is 0 Å². The molecule has 4 nitrogen and oxygen atoms in total. The number of aryl methyl sites for hydroxylation is 1. The third-order valence-corrected chi connectivity index (χ3v) is 3.50. The van der Waals surface area contributed by atoms with E-state index in [1.807, 2.05) is 13.0 Å². The lowest BCUT2D eigenvalue weighted by atomic mass is 10.1. The van der Waals surface area contributed by atoms with Gasteiger partial charge in [0.1, 0.15) is 6.04 Å². The van der Waals surface area contributed by atoms with Crippen molar-refractivity contribution in [3.05, 3.63) is 33.8 Å². The molecule has 0 radical (unpaired) electrons. The van der Waals surface area contributed by atoms with Crippen molar-refractivity contribution < 1.29 is 14.7 Å². The maximum atomic E-state index is 11.9. The van der Waals surface area contributed by atoms with Crippen LogP contribution in [0.15, 0.2) is 22.7 Å². The zero-order chi connectivity index (χ0) is 13.0. The number of halogens is 1. The van der Waals surface area contributed by atoms with Gasteiger partial charge in [0.05, 0.1) is 5.56 Å². The third kappa shape index (κ3) is 3.30.